The minimum absolute atomic E-state index is 0.00774. The number of phosphoric acid groups is 1. The van der Waals surface area contributed by atoms with Crippen molar-refractivity contribution in [3.8, 4) is 11.9 Å². The first kappa shape index (κ1) is 65.4. The van der Waals surface area contributed by atoms with Gasteiger partial charge in [0.25, 0.3) is 0 Å². The maximum absolute atomic E-state index is 15.1. The molecule has 0 radical (unpaired) electrons. The molecule has 0 aliphatic heterocycles. The number of unbranched alkanes of at least 4 members (excludes halogenated alkanes) is 1. The standard InChI is InChI=1S/C55H95N4O12PSi4/c1-52(2,3)73(15,16)68-40-44(70-75(19,20)54(7,8)9)46(71-76(21,22)55(10,11)12)43(69-74(17,18)53(4,5)6)37-59-47-45(48(63-13)57-51(56-47)64-14)58(49(60)50(59)61)35-29-30-36-65-72(62,66-38-41-31-25-23-26-32-41)67-39-42-33-27-24-28-34-42/h23-28,31-34,43-44,46H,29-30,35-40H2,1-22H3/t43-,44+,46-/m0/s1. The fraction of sp³-hybridized carbons (Fsp3) is 0.673. The molecule has 2 aromatic carbocycles. The third kappa shape index (κ3) is 17.0. The number of ether oxygens (including phenoxy) is 2. The number of aromatic nitrogens is 4. The molecule has 4 aromatic rings. The Morgan fingerprint density at radius 2 is 1.00 bits per heavy atom. The van der Waals surface area contributed by atoms with Gasteiger partial charge in [-0.15, -0.1) is 0 Å². The Morgan fingerprint density at radius 1 is 0.553 bits per heavy atom. The van der Waals surface area contributed by atoms with Gasteiger partial charge in [-0.25, -0.2) is 4.57 Å². The van der Waals surface area contributed by atoms with Crippen molar-refractivity contribution in [2.45, 2.75) is 213 Å². The van der Waals surface area contributed by atoms with Crippen LogP contribution in [-0.4, -0.2) is 98.1 Å². The average Bonchev–Trinajstić information content (AvgIpc) is 3.31. The van der Waals surface area contributed by atoms with E-state index in [-0.39, 0.29) is 82.7 Å². The Labute approximate surface area is 459 Å². The molecule has 2 aromatic heterocycles. The summed E-state index contributed by atoms with van der Waals surface area (Å²) < 4.78 is 75.8. The second-order valence-electron chi connectivity index (χ2n) is 26.0. The molecule has 76 heavy (non-hydrogen) atoms. The minimum atomic E-state index is -4.07. The Morgan fingerprint density at radius 3 is 1.45 bits per heavy atom. The lowest BCUT2D eigenvalue weighted by atomic mass is 10.1. The zero-order valence-electron chi connectivity index (χ0n) is 50.3. The normalized spacial score (nSPS) is 15.0. The van der Waals surface area contributed by atoms with Crippen molar-refractivity contribution >= 4 is 52.3 Å². The molecule has 16 nitrogen and oxygen atoms in total. The minimum Gasteiger partial charge on any atom is -0.479 e. The number of phosphoric ester groups is 1. The van der Waals surface area contributed by atoms with E-state index in [0.29, 0.717) is 12.8 Å². The van der Waals surface area contributed by atoms with Gasteiger partial charge in [0.1, 0.15) is 0 Å². The fourth-order valence-electron chi connectivity index (χ4n) is 7.10. The van der Waals surface area contributed by atoms with E-state index >= 15 is 4.79 Å². The van der Waals surface area contributed by atoms with E-state index in [1.54, 1.807) is 0 Å². The first-order valence-electron chi connectivity index (χ1n) is 26.7. The van der Waals surface area contributed by atoms with Crippen LogP contribution >= 0.6 is 7.82 Å². The first-order chi connectivity index (χ1) is 34.8. The maximum Gasteiger partial charge on any atom is 0.475 e. The number of hydrogen-bond acceptors (Lipinski definition) is 14. The summed E-state index contributed by atoms with van der Waals surface area (Å²) >= 11 is 0. The summed E-state index contributed by atoms with van der Waals surface area (Å²) in [6, 6.07) is 18.6. The molecule has 0 saturated heterocycles. The Kier molecular flexibility index (Phi) is 22.0. The number of nitrogens with zero attached hydrogens (tertiary/aromatic N) is 4. The number of hydrogen-bond donors (Lipinski definition) is 0. The maximum atomic E-state index is 15.1. The van der Waals surface area contributed by atoms with E-state index in [2.05, 4.69) is 140 Å². The van der Waals surface area contributed by atoms with Crippen molar-refractivity contribution in [3.05, 3.63) is 92.5 Å². The number of benzene rings is 2. The summed E-state index contributed by atoms with van der Waals surface area (Å²) in [5.41, 5.74) is 0.276. The third-order valence-electron chi connectivity index (χ3n) is 16.1. The SMILES string of the molecule is COc1nc(OC)c2c(n1)n(C[C@H](O[Si](C)(C)C(C)(C)C)[C@H](O[Si](C)(C)C(C)(C)C)[C@@H](CO[Si](C)(C)C(C)(C)C)O[Si](C)(C)C(C)(C)C)c(=O)c(=O)n2CCCCOP(=O)(OCc1ccccc1)OCc1ccccc1. The lowest BCUT2D eigenvalue weighted by Gasteiger charge is -2.49. The molecule has 3 atom stereocenters. The van der Waals surface area contributed by atoms with Crippen molar-refractivity contribution in [1.82, 2.24) is 19.1 Å². The summed E-state index contributed by atoms with van der Waals surface area (Å²) in [6.07, 6.45) is -1.63. The van der Waals surface area contributed by atoms with E-state index in [4.69, 9.17) is 45.7 Å². The van der Waals surface area contributed by atoms with Crippen LogP contribution in [-0.2, 0) is 62.1 Å². The molecule has 0 aliphatic rings. The smallest absolute Gasteiger partial charge is 0.475 e. The van der Waals surface area contributed by atoms with Crippen LogP contribution in [0.5, 0.6) is 11.9 Å². The lowest BCUT2D eigenvalue weighted by molar-refractivity contribution is -0.0609. The molecule has 0 N–H and O–H groups in total. The number of aryl methyl sites for hydroxylation is 1. The fourth-order valence-corrected chi connectivity index (χ4v) is 13.3. The summed E-state index contributed by atoms with van der Waals surface area (Å²) in [6.45, 7) is 44.3. The van der Waals surface area contributed by atoms with E-state index in [9.17, 15) is 9.36 Å². The third-order valence-corrected chi connectivity index (χ3v) is 35.5. The van der Waals surface area contributed by atoms with E-state index in [1.165, 1.54) is 23.4 Å². The van der Waals surface area contributed by atoms with Crippen molar-refractivity contribution in [2.75, 3.05) is 27.4 Å². The molecule has 21 heteroatoms. The van der Waals surface area contributed by atoms with Crippen molar-refractivity contribution < 1.29 is 45.3 Å². The molecular weight excluding hydrogens is 1050 g/mol. The zero-order valence-corrected chi connectivity index (χ0v) is 55.2. The molecule has 0 spiro atoms. The van der Waals surface area contributed by atoms with Crippen molar-refractivity contribution in [2.24, 2.45) is 0 Å². The molecule has 0 amide bonds. The van der Waals surface area contributed by atoms with Gasteiger partial charge in [-0.05, 0) is 96.5 Å². The van der Waals surface area contributed by atoms with Gasteiger partial charge in [0, 0.05) is 6.54 Å². The van der Waals surface area contributed by atoms with Crippen LogP contribution in [0.3, 0.4) is 0 Å². The van der Waals surface area contributed by atoms with Crippen LogP contribution in [0.4, 0.5) is 0 Å². The average molecular weight is 1150 g/mol. The van der Waals surface area contributed by atoms with E-state index < -0.39 is 70.5 Å². The van der Waals surface area contributed by atoms with Gasteiger partial charge in [-0.1, -0.05) is 144 Å². The number of fused-ring (bicyclic) bond motifs is 1. The molecule has 0 fully saturated rings. The summed E-state index contributed by atoms with van der Waals surface area (Å²) in [5.74, 6) is 0.0370. The topological polar surface area (TPSA) is 170 Å². The van der Waals surface area contributed by atoms with Crippen molar-refractivity contribution in [3.63, 3.8) is 0 Å². The van der Waals surface area contributed by atoms with Crippen LogP contribution < -0.4 is 20.6 Å². The van der Waals surface area contributed by atoms with Crippen LogP contribution in [0.15, 0.2) is 70.3 Å². The summed E-state index contributed by atoms with van der Waals surface area (Å²) in [4.78, 5) is 39.3. The Bertz CT molecular complexity index is 2630. The largest absolute Gasteiger partial charge is 0.479 e. The monoisotopic (exact) mass is 1150 g/mol. The molecular formula is C55H95N4O12PSi4. The Hall–Kier alpha value is -3.12. The van der Waals surface area contributed by atoms with Crippen molar-refractivity contribution in [1.29, 1.82) is 0 Å². The molecule has 0 saturated carbocycles. The zero-order chi connectivity index (χ0) is 57.5. The second kappa shape index (κ2) is 25.6. The molecule has 4 rings (SSSR count). The second-order valence-corrected chi connectivity index (χ2v) is 46.8. The summed E-state index contributed by atoms with van der Waals surface area (Å²) in [5, 5.41) is -0.791. The van der Waals surface area contributed by atoms with Gasteiger partial charge in [0.2, 0.25) is 5.88 Å². The van der Waals surface area contributed by atoms with Gasteiger partial charge in [0.05, 0.1) is 65.5 Å². The highest BCUT2D eigenvalue weighted by atomic mass is 31.2. The van der Waals surface area contributed by atoms with Gasteiger partial charge >= 0.3 is 25.0 Å². The number of rotatable bonds is 27. The molecule has 0 unspecified atom stereocenters. The molecule has 0 aliphatic carbocycles. The van der Waals surface area contributed by atoms with Crippen LogP contribution in [0.25, 0.3) is 11.2 Å². The highest BCUT2D eigenvalue weighted by Gasteiger charge is 2.51. The first-order valence-corrected chi connectivity index (χ1v) is 39.8. The summed E-state index contributed by atoms with van der Waals surface area (Å²) in [7, 11) is -11.6. The van der Waals surface area contributed by atoms with Gasteiger partial charge in [0.15, 0.2) is 44.4 Å². The molecule has 428 valence electrons. The molecule has 2 heterocycles. The van der Waals surface area contributed by atoms with E-state index in [0.717, 1.165) is 11.1 Å². The Balaban J connectivity index is 1.89. The predicted octanol–water partition coefficient (Wildman–Crippen LogP) is 13.5. The molecule has 0 bridgehead atoms. The highest BCUT2D eigenvalue weighted by Crippen LogP contribution is 2.51. The number of methoxy groups -OCH3 is 2. The van der Waals surface area contributed by atoms with E-state index in [1.807, 2.05) is 60.7 Å². The quantitative estimate of drug-likeness (QED) is 0.0239. The van der Waals surface area contributed by atoms with Crippen LogP contribution in [0, 0.1) is 0 Å². The van der Waals surface area contributed by atoms with Gasteiger partial charge in [-0.3, -0.25) is 32.3 Å². The lowest BCUT2D eigenvalue weighted by Crippen LogP contribution is -2.61. The van der Waals surface area contributed by atoms with Crippen LogP contribution in [0.2, 0.25) is 72.5 Å². The van der Waals surface area contributed by atoms with Crippen LogP contribution in [0.1, 0.15) is 107 Å². The van der Waals surface area contributed by atoms with Gasteiger partial charge < -0.3 is 27.2 Å². The predicted molar refractivity (Wildman–Crippen MR) is 316 cm³/mol. The van der Waals surface area contributed by atoms with Gasteiger partial charge in [-0.2, -0.15) is 9.97 Å². The highest BCUT2D eigenvalue weighted by molar-refractivity contribution is 7.48.